The molecular formula is C39H35N3O4S. The molecule has 0 aliphatic rings. The zero-order chi connectivity index (χ0) is 33.0. The fourth-order valence-corrected chi connectivity index (χ4v) is 5.88. The summed E-state index contributed by atoms with van der Waals surface area (Å²) in [6.07, 6.45) is 1.65. The molecule has 0 aliphatic heterocycles. The van der Waals surface area contributed by atoms with E-state index in [9.17, 15) is 14.4 Å². The average molecular weight is 642 g/mol. The van der Waals surface area contributed by atoms with E-state index in [4.69, 9.17) is 4.74 Å². The maximum absolute atomic E-state index is 13.7. The molecule has 5 aromatic carbocycles. The zero-order valence-corrected chi connectivity index (χ0v) is 26.9. The Balaban J connectivity index is 1.38. The molecule has 47 heavy (non-hydrogen) atoms. The van der Waals surface area contributed by atoms with Crippen LogP contribution in [0.2, 0.25) is 0 Å². The van der Waals surface area contributed by atoms with Crippen LogP contribution in [0, 0.1) is 6.92 Å². The number of hydrogen-bond donors (Lipinski definition) is 3. The van der Waals surface area contributed by atoms with Gasteiger partial charge in [0.05, 0.1) is 12.3 Å². The Kier molecular flexibility index (Phi) is 11.2. The van der Waals surface area contributed by atoms with Crippen LogP contribution in [0.5, 0.6) is 5.75 Å². The molecule has 3 amide bonds. The van der Waals surface area contributed by atoms with Gasteiger partial charge in [-0.15, -0.1) is 11.8 Å². The number of ether oxygens (including phenoxy) is 1. The van der Waals surface area contributed by atoms with Crippen molar-refractivity contribution in [3.05, 3.63) is 161 Å². The molecule has 0 spiro atoms. The smallest absolute Gasteiger partial charge is 0.272 e. The van der Waals surface area contributed by atoms with Gasteiger partial charge in [-0.25, -0.2) is 0 Å². The first-order valence-corrected chi connectivity index (χ1v) is 16.1. The Morgan fingerprint density at radius 3 is 2.21 bits per heavy atom. The van der Waals surface area contributed by atoms with Crippen molar-refractivity contribution in [1.29, 1.82) is 0 Å². The number of thioether (sulfide) groups is 1. The second-order valence-corrected chi connectivity index (χ2v) is 11.8. The minimum atomic E-state index is -0.598. The topological polar surface area (TPSA) is 96.5 Å². The van der Waals surface area contributed by atoms with Gasteiger partial charge in [-0.05, 0) is 73.5 Å². The van der Waals surface area contributed by atoms with Gasteiger partial charge in [0.25, 0.3) is 11.8 Å². The lowest BCUT2D eigenvalue weighted by molar-refractivity contribution is -0.116. The van der Waals surface area contributed by atoms with Crippen molar-refractivity contribution in [2.75, 3.05) is 17.2 Å². The van der Waals surface area contributed by atoms with Crippen LogP contribution in [0.4, 0.5) is 11.4 Å². The first-order chi connectivity index (χ1) is 22.9. The molecule has 3 N–H and O–H groups in total. The van der Waals surface area contributed by atoms with Crippen molar-refractivity contribution >= 4 is 46.9 Å². The molecule has 236 valence electrons. The minimum absolute atomic E-state index is 0.0945. The summed E-state index contributed by atoms with van der Waals surface area (Å²) in [5, 5.41) is 8.14. The quantitative estimate of drug-likeness (QED) is 0.0941. The summed E-state index contributed by atoms with van der Waals surface area (Å²) < 4.78 is 5.71. The second kappa shape index (κ2) is 16.1. The number of rotatable bonds is 12. The maximum Gasteiger partial charge on any atom is 0.272 e. The Labute approximate surface area is 279 Å². The molecule has 1 atom stereocenters. The van der Waals surface area contributed by atoms with E-state index < -0.39 is 17.1 Å². The predicted octanol–water partition coefficient (Wildman–Crippen LogP) is 8.28. The third-order valence-electron chi connectivity index (χ3n) is 7.01. The third-order valence-corrected chi connectivity index (χ3v) is 8.26. The largest absolute Gasteiger partial charge is 0.492 e. The lowest BCUT2D eigenvalue weighted by Crippen LogP contribution is -2.30. The Morgan fingerprint density at radius 2 is 1.47 bits per heavy atom. The van der Waals surface area contributed by atoms with E-state index in [1.807, 2.05) is 117 Å². The van der Waals surface area contributed by atoms with E-state index >= 15 is 0 Å². The second-order valence-electron chi connectivity index (χ2n) is 10.6. The van der Waals surface area contributed by atoms with Crippen LogP contribution in [-0.4, -0.2) is 24.3 Å². The first-order valence-electron chi connectivity index (χ1n) is 15.2. The van der Waals surface area contributed by atoms with Gasteiger partial charge in [0.15, 0.2) is 0 Å². The minimum Gasteiger partial charge on any atom is -0.492 e. The maximum atomic E-state index is 13.7. The van der Waals surface area contributed by atoms with Crippen LogP contribution in [0.1, 0.15) is 39.2 Å². The molecule has 7 nitrogen and oxygen atoms in total. The highest BCUT2D eigenvalue weighted by atomic mass is 32.2. The summed E-state index contributed by atoms with van der Waals surface area (Å²) in [4.78, 5) is 41.2. The van der Waals surface area contributed by atoms with Gasteiger partial charge in [0.2, 0.25) is 5.91 Å². The van der Waals surface area contributed by atoms with Gasteiger partial charge in [-0.2, -0.15) is 0 Å². The number of hydrogen-bond acceptors (Lipinski definition) is 5. The van der Waals surface area contributed by atoms with E-state index in [0.717, 1.165) is 21.6 Å². The lowest BCUT2D eigenvalue weighted by atomic mass is 10.1. The number of aryl methyl sites for hydroxylation is 1. The lowest BCUT2D eigenvalue weighted by Gasteiger charge is -2.19. The van der Waals surface area contributed by atoms with Crippen LogP contribution in [-0.2, 0) is 9.59 Å². The number of nitrogens with one attached hydrogen (secondary N) is 3. The summed E-state index contributed by atoms with van der Waals surface area (Å²) >= 11 is 1.36. The predicted molar refractivity (Wildman–Crippen MR) is 189 cm³/mol. The van der Waals surface area contributed by atoms with E-state index in [-0.39, 0.29) is 11.6 Å². The molecule has 5 aromatic rings. The van der Waals surface area contributed by atoms with E-state index in [0.29, 0.717) is 29.3 Å². The number of carbonyl (C=O) groups is 3. The summed E-state index contributed by atoms with van der Waals surface area (Å²) in [5.41, 5.74) is 4.25. The Hall–Kier alpha value is -5.60. The molecule has 0 aliphatic carbocycles. The molecule has 5 rings (SSSR count). The van der Waals surface area contributed by atoms with Gasteiger partial charge < -0.3 is 20.7 Å². The third kappa shape index (κ3) is 9.22. The summed E-state index contributed by atoms with van der Waals surface area (Å²) in [5.74, 6) is -0.497. The van der Waals surface area contributed by atoms with Crippen molar-refractivity contribution < 1.29 is 19.1 Å². The fourth-order valence-electron chi connectivity index (χ4n) is 4.80. The summed E-state index contributed by atoms with van der Waals surface area (Å²) in [7, 11) is 0. The molecule has 0 bridgehead atoms. The number of amides is 3. The average Bonchev–Trinajstić information content (AvgIpc) is 3.09. The highest BCUT2D eigenvalue weighted by Crippen LogP contribution is 2.38. The molecule has 0 aromatic heterocycles. The normalized spacial score (nSPS) is 11.7. The van der Waals surface area contributed by atoms with Crippen LogP contribution in [0.15, 0.2) is 144 Å². The molecular weight excluding hydrogens is 607 g/mol. The van der Waals surface area contributed by atoms with Gasteiger partial charge in [-0.1, -0.05) is 96.6 Å². The molecule has 8 heteroatoms. The number of carbonyl (C=O) groups excluding carboxylic acids is 3. The van der Waals surface area contributed by atoms with Crippen LogP contribution in [0.3, 0.4) is 0 Å². The number of benzene rings is 5. The summed E-state index contributed by atoms with van der Waals surface area (Å²) in [6.45, 7) is 4.33. The van der Waals surface area contributed by atoms with E-state index in [1.165, 1.54) is 11.8 Å². The molecule has 0 radical (unpaired) electrons. The van der Waals surface area contributed by atoms with Crippen molar-refractivity contribution in [1.82, 2.24) is 5.32 Å². The van der Waals surface area contributed by atoms with Gasteiger partial charge in [0.1, 0.15) is 16.7 Å². The van der Waals surface area contributed by atoms with Crippen molar-refractivity contribution in [2.24, 2.45) is 0 Å². The number of anilines is 2. The Morgan fingerprint density at radius 1 is 0.766 bits per heavy atom. The van der Waals surface area contributed by atoms with Crippen molar-refractivity contribution in [2.45, 2.75) is 24.0 Å². The van der Waals surface area contributed by atoms with Crippen LogP contribution in [0.25, 0.3) is 6.08 Å². The molecule has 0 saturated carbocycles. The number of para-hydroxylation sites is 2. The zero-order valence-electron chi connectivity index (χ0n) is 26.1. The molecule has 0 fully saturated rings. The van der Waals surface area contributed by atoms with Gasteiger partial charge in [0, 0.05) is 16.1 Å². The SMILES string of the molecule is CCOc1ccccc1NC(=O)C(Sc1cccc(NC(=O)/C(=C\c2cccc(C)c2)NC(=O)c2ccccc2)c1)c1ccccc1. The van der Waals surface area contributed by atoms with Crippen molar-refractivity contribution in [3.8, 4) is 5.75 Å². The van der Waals surface area contributed by atoms with Gasteiger partial charge >= 0.3 is 0 Å². The molecule has 0 saturated heterocycles. The highest BCUT2D eigenvalue weighted by molar-refractivity contribution is 8.00. The van der Waals surface area contributed by atoms with Crippen LogP contribution >= 0.6 is 11.8 Å². The summed E-state index contributed by atoms with van der Waals surface area (Å²) in [6, 6.07) is 40.5. The first kappa shape index (κ1) is 32.8. The Bertz CT molecular complexity index is 1880. The van der Waals surface area contributed by atoms with Gasteiger partial charge in [-0.3, -0.25) is 14.4 Å². The van der Waals surface area contributed by atoms with E-state index in [1.54, 1.807) is 36.4 Å². The van der Waals surface area contributed by atoms with Crippen molar-refractivity contribution in [3.63, 3.8) is 0 Å². The molecule has 0 heterocycles. The highest BCUT2D eigenvalue weighted by Gasteiger charge is 2.24. The fraction of sp³-hybridized carbons (Fsp3) is 0.103. The monoisotopic (exact) mass is 641 g/mol. The standard InChI is InChI=1S/C39H35N3O4S/c1-3-46-35-23-11-10-22-33(35)41-39(45)36(29-16-6-4-7-17-29)47-32-21-13-20-31(26-32)40-38(44)34(25-28-15-12-14-27(2)24-28)42-37(43)30-18-8-5-9-19-30/h4-26,36H,3H2,1-2H3,(H,40,44)(H,41,45)(H,42,43)/b34-25+. The van der Waals surface area contributed by atoms with E-state index in [2.05, 4.69) is 16.0 Å². The molecule has 1 unspecified atom stereocenters. The van der Waals surface area contributed by atoms with Crippen LogP contribution < -0.4 is 20.7 Å².